The van der Waals surface area contributed by atoms with E-state index in [1.807, 2.05) is 12.1 Å². The number of anilines is 1. The average Bonchev–Trinajstić information content (AvgIpc) is 3.37. The van der Waals surface area contributed by atoms with Gasteiger partial charge in [-0.25, -0.2) is 4.98 Å². The van der Waals surface area contributed by atoms with E-state index in [0.29, 0.717) is 16.2 Å². The molecule has 0 unspecified atom stereocenters. The Morgan fingerprint density at radius 3 is 3.04 bits per heavy atom. The van der Waals surface area contributed by atoms with Crippen LogP contribution in [0.4, 0.5) is 5.69 Å². The maximum atomic E-state index is 13.0. The van der Waals surface area contributed by atoms with Crippen molar-refractivity contribution in [2.75, 3.05) is 17.0 Å². The first-order chi connectivity index (χ1) is 13.0. The van der Waals surface area contributed by atoms with E-state index in [-0.39, 0.29) is 10.2 Å². The number of rotatable bonds is 4. The maximum Gasteiger partial charge on any atom is 0.281 e. The summed E-state index contributed by atoms with van der Waals surface area (Å²) in [4.78, 5) is 12.4. The van der Waals surface area contributed by atoms with Crippen LogP contribution in [-0.2, 0) is 10.0 Å². The molecule has 4 aromatic rings. The van der Waals surface area contributed by atoms with Crippen molar-refractivity contribution < 1.29 is 8.42 Å². The lowest BCUT2D eigenvalue weighted by Crippen LogP contribution is -2.15. The Balaban J connectivity index is 1.59. The largest absolute Gasteiger partial charge is 0.351 e. The fourth-order valence-corrected chi connectivity index (χ4v) is 6.38. The molecule has 4 heterocycles. The van der Waals surface area contributed by atoms with E-state index in [2.05, 4.69) is 19.7 Å². The number of halogens is 1. The van der Waals surface area contributed by atoms with Crippen LogP contribution in [0.15, 0.2) is 45.9 Å². The van der Waals surface area contributed by atoms with Crippen molar-refractivity contribution >= 4 is 71.3 Å². The van der Waals surface area contributed by atoms with Crippen molar-refractivity contribution in [3.63, 3.8) is 0 Å². The highest BCUT2D eigenvalue weighted by Gasteiger charge is 2.26. The molecule has 0 amide bonds. The summed E-state index contributed by atoms with van der Waals surface area (Å²) in [6.07, 6.45) is 1.64. The minimum Gasteiger partial charge on any atom is -0.351 e. The Labute approximate surface area is 167 Å². The van der Waals surface area contributed by atoms with Gasteiger partial charge in [-0.1, -0.05) is 23.7 Å². The Hall–Kier alpha value is -2.01. The van der Waals surface area contributed by atoms with Gasteiger partial charge >= 0.3 is 0 Å². The molecule has 1 aliphatic heterocycles. The number of hydrogen-bond acceptors (Lipinski definition) is 6. The number of aromatic amines is 1. The van der Waals surface area contributed by atoms with Crippen LogP contribution in [0.5, 0.6) is 0 Å². The zero-order chi connectivity index (χ0) is 18.6. The molecule has 0 saturated carbocycles. The van der Waals surface area contributed by atoms with Gasteiger partial charge in [-0.05, 0) is 12.1 Å². The van der Waals surface area contributed by atoms with E-state index in [1.165, 1.54) is 15.7 Å². The van der Waals surface area contributed by atoms with Crippen LogP contribution in [0, 0.1) is 0 Å². The summed E-state index contributed by atoms with van der Waals surface area (Å²) in [7, 11) is -3.93. The predicted octanol–water partition coefficient (Wildman–Crippen LogP) is 3.82. The Kier molecular flexibility index (Phi) is 3.97. The number of aromatic nitrogens is 3. The zero-order valence-electron chi connectivity index (χ0n) is 13.6. The Bertz CT molecular complexity index is 1320. The number of sulfonamides is 1. The van der Waals surface area contributed by atoms with Crippen LogP contribution < -0.4 is 4.72 Å². The number of thiazole rings is 1. The summed E-state index contributed by atoms with van der Waals surface area (Å²) in [6, 6.07) is 7.42. The standard InChI is InChI=1S/C16H12ClN5O2S3/c17-13-15(22-5-7-26-16(22)20-13)27(23,24)21-10-3-1-2-9-8-11(19-12(9)10)14-18-4-6-25-14/h1-3,5,7-8,19,21H,4,6H2. The normalized spacial score (nSPS) is 14.9. The molecule has 0 fully saturated rings. The number of para-hydroxylation sites is 1. The number of nitrogens with zero attached hydrogens (tertiary/aromatic N) is 3. The molecule has 0 spiro atoms. The third-order valence-corrected chi connectivity index (χ3v) is 7.68. The summed E-state index contributed by atoms with van der Waals surface area (Å²) in [5, 5.41) is 3.49. The minimum absolute atomic E-state index is 0.0505. The minimum atomic E-state index is -3.93. The van der Waals surface area contributed by atoms with Crippen LogP contribution in [0.25, 0.3) is 15.9 Å². The molecule has 5 rings (SSSR count). The van der Waals surface area contributed by atoms with Crippen LogP contribution in [-0.4, -0.2) is 40.1 Å². The smallest absolute Gasteiger partial charge is 0.281 e. The van der Waals surface area contributed by atoms with Crippen molar-refractivity contribution in [3.05, 3.63) is 46.7 Å². The highest BCUT2D eigenvalue weighted by atomic mass is 35.5. The first kappa shape index (κ1) is 17.1. The van der Waals surface area contributed by atoms with Crippen LogP contribution in [0.2, 0.25) is 5.15 Å². The van der Waals surface area contributed by atoms with Crippen molar-refractivity contribution in [1.29, 1.82) is 0 Å². The van der Waals surface area contributed by atoms with Gasteiger partial charge in [0.1, 0.15) is 5.04 Å². The zero-order valence-corrected chi connectivity index (χ0v) is 16.8. The van der Waals surface area contributed by atoms with Gasteiger partial charge in [0, 0.05) is 29.3 Å². The van der Waals surface area contributed by atoms with E-state index < -0.39 is 10.0 Å². The van der Waals surface area contributed by atoms with Crippen molar-refractivity contribution in [2.45, 2.75) is 5.03 Å². The first-order valence-corrected chi connectivity index (χ1v) is 11.7. The monoisotopic (exact) mass is 437 g/mol. The number of fused-ring (bicyclic) bond motifs is 2. The molecule has 0 aliphatic carbocycles. The van der Waals surface area contributed by atoms with Gasteiger partial charge in [0.25, 0.3) is 10.0 Å². The molecule has 27 heavy (non-hydrogen) atoms. The predicted molar refractivity (Wildman–Crippen MR) is 111 cm³/mol. The van der Waals surface area contributed by atoms with E-state index in [9.17, 15) is 8.42 Å². The second kappa shape index (κ2) is 6.26. The number of aliphatic imine (C=N–C) groups is 1. The maximum absolute atomic E-state index is 13.0. The molecular weight excluding hydrogens is 426 g/mol. The van der Waals surface area contributed by atoms with Crippen LogP contribution >= 0.6 is 34.7 Å². The Morgan fingerprint density at radius 1 is 1.33 bits per heavy atom. The number of imidazole rings is 1. The molecule has 138 valence electrons. The van der Waals surface area contributed by atoms with Crippen molar-refractivity contribution in [1.82, 2.24) is 14.4 Å². The summed E-state index contributed by atoms with van der Waals surface area (Å²) >= 11 is 9.10. The Morgan fingerprint density at radius 2 is 2.22 bits per heavy atom. The molecule has 3 aromatic heterocycles. The molecule has 1 aromatic carbocycles. The topological polar surface area (TPSA) is 91.6 Å². The second-order valence-electron chi connectivity index (χ2n) is 5.86. The van der Waals surface area contributed by atoms with Gasteiger partial charge in [0.15, 0.2) is 15.1 Å². The van der Waals surface area contributed by atoms with Gasteiger partial charge in [-0.15, -0.1) is 23.1 Å². The molecule has 0 radical (unpaired) electrons. The molecule has 0 bridgehead atoms. The molecule has 11 heteroatoms. The molecule has 2 N–H and O–H groups in total. The SMILES string of the molecule is O=S(=O)(Nc1cccc2cc(C3=NCCS3)[nH]c12)c1c(Cl)nc2sccn12. The van der Waals surface area contributed by atoms with Crippen molar-refractivity contribution in [3.8, 4) is 0 Å². The van der Waals surface area contributed by atoms with E-state index in [4.69, 9.17) is 11.6 Å². The van der Waals surface area contributed by atoms with Gasteiger partial charge in [-0.2, -0.15) is 8.42 Å². The van der Waals surface area contributed by atoms with Crippen LogP contribution in [0.1, 0.15) is 5.69 Å². The lowest BCUT2D eigenvalue weighted by Gasteiger charge is -2.08. The number of hydrogen-bond donors (Lipinski definition) is 2. The van der Waals surface area contributed by atoms with Crippen LogP contribution in [0.3, 0.4) is 0 Å². The fraction of sp³-hybridized carbons (Fsp3) is 0.125. The molecule has 7 nitrogen and oxygen atoms in total. The van der Waals surface area contributed by atoms with E-state index in [0.717, 1.165) is 28.4 Å². The number of nitrogens with one attached hydrogen (secondary N) is 2. The number of thioether (sulfide) groups is 1. The van der Waals surface area contributed by atoms with E-state index >= 15 is 0 Å². The molecule has 1 aliphatic rings. The van der Waals surface area contributed by atoms with E-state index in [1.54, 1.807) is 35.5 Å². The highest BCUT2D eigenvalue weighted by molar-refractivity contribution is 8.14. The average molecular weight is 438 g/mol. The lowest BCUT2D eigenvalue weighted by molar-refractivity contribution is 0.597. The molecule has 0 atom stereocenters. The lowest BCUT2D eigenvalue weighted by atomic mass is 10.2. The quantitative estimate of drug-likeness (QED) is 0.507. The second-order valence-corrected chi connectivity index (χ2v) is 9.77. The molecular formula is C16H12ClN5O2S3. The number of H-pyrrole nitrogens is 1. The van der Waals surface area contributed by atoms with Gasteiger partial charge in [0.05, 0.1) is 16.9 Å². The summed E-state index contributed by atoms with van der Waals surface area (Å²) in [5.74, 6) is 0.959. The molecule has 0 saturated heterocycles. The van der Waals surface area contributed by atoms with Gasteiger partial charge in [-0.3, -0.25) is 14.1 Å². The first-order valence-electron chi connectivity index (χ1n) is 7.96. The highest BCUT2D eigenvalue weighted by Crippen LogP contribution is 2.31. The third-order valence-electron chi connectivity index (χ3n) is 4.15. The third kappa shape index (κ3) is 2.83. The summed E-state index contributed by atoms with van der Waals surface area (Å²) < 4.78 is 30.1. The number of benzene rings is 1. The summed E-state index contributed by atoms with van der Waals surface area (Å²) in [5.41, 5.74) is 2.04. The fourth-order valence-electron chi connectivity index (χ4n) is 3.03. The van der Waals surface area contributed by atoms with Gasteiger partial charge < -0.3 is 4.98 Å². The van der Waals surface area contributed by atoms with Gasteiger partial charge in [0.2, 0.25) is 0 Å². The van der Waals surface area contributed by atoms with Crippen molar-refractivity contribution in [2.24, 2.45) is 4.99 Å². The summed E-state index contributed by atoms with van der Waals surface area (Å²) in [6.45, 7) is 0.797.